The van der Waals surface area contributed by atoms with Gasteiger partial charge in [-0.25, -0.2) is 8.78 Å². The summed E-state index contributed by atoms with van der Waals surface area (Å²) in [7, 11) is 2.12. The normalized spacial score (nSPS) is 16.1. The number of likely N-dealkylation sites (tertiary alicyclic amines) is 1. The molecule has 0 aliphatic carbocycles. The van der Waals surface area contributed by atoms with Crippen molar-refractivity contribution in [2.45, 2.75) is 18.9 Å². The summed E-state index contributed by atoms with van der Waals surface area (Å²) in [6, 6.07) is 19.2. The van der Waals surface area contributed by atoms with E-state index in [1.807, 2.05) is 36.5 Å². The molecule has 33 heavy (non-hydrogen) atoms. The van der Waals surface area contributed by atoms with Crippen LogP contribution in [0.25, 0.3) is 0 Å². The van der Waals surface area contributed by atoms with Crippen LogP contribution >= 0.6 is 0 Å². The quantitative estimate of drug-likeness (QED) is 0.449. The number of halogens is 2. The van der Waals surface area contributed by atoms with Crippen molar-refractivity contribution < 1.29 is 13.5 Å². The summed E-state index contributed by atoms with van der Waals surface area (Å²) in [5.74, 6) is 0.344. The first-order chi connectivity index (χ1) is 16.1. The molecule has 4 nitrogen and oxygen atoms in total. The molecule has 0 N–H and O–H groups in total. The molecule has 0 unspecified atom stereocenters. The van der Waals surface area contributed by atoms with E-state index in [2.05, 4.69) is 21.8 Å². The highest BCUT2D eigenvalue weighted by atomic mass is 19.1. The first-order valence-corrected chi connectivity index (χ1v) is 11.6. The first kappa shape index (κ1) is 23.3. The molecule has 3 aromatic rings. The number of rotatable bonds is 9. The van der Waals surface area contributed by atoms with Crippen LogP contribution < -0.4 is 4.74 Å². The van der Waals surface area contributed by atoms with E-state index in [0.717, 1.165) is 50.3 Å². The molecule has 4 rings (SSSR count). The molecule has 174 valence electrons. The number of ether oxygens (including phenoxy) is 1. The smallest absolute Gasteiger partial charge is 0.165 e. The van der Waals surface area contributed by atoms with Crippen molar-refractivity contribution >= 4 is 0 Å². The third kappa shape index (κ3) is 6.36. The van der Waals surface area contributed by atoms with Crippen LogP contribution in [0.2, 0.25) is 0 Å². The number of hydrogen-bond acceptors (Lipinski definition) is 4. The molecule has 6 heteroatoms. The third-order valence-electron chi connectivity index (χ3n) is 6.35. The second-order valence-electron chi connectivity index (χ2n) is 8.71. The molecule has 0 saturated carbocycles. The van der Waals surface area contributed by atoms with Gasteiger partial charge in [-0.05, 0) is 80.9 Å². The Morgan fingerprint density at radius 3 is 2.42 bits per heavy atom. The fourth-order valence-electron chi connectivity index (χ4n) is 4.59. The Kier molecular flexibility index (Phi) is 8.02. The minimum atomic E-state index is -0.317. The first-order valence-electron chi connectivity index (χ1n) is 11.6. The fourth-order valence-corrected chi connectivity index (χ4v) is 4.59. The van der Waals surface area contributed by atoms with Crippen LogP contribution in [-0.2, 0) is 0 Å². The second kappa shape index (κ2) is 11.3. The Balaban J connectivity index is 1.30. The summed E-state index contributed by atoms with van der Waals surface area (Å²) in [4.78, 5) is 9.30. The summed E-state index contributed by atoms with van der Waals surface area (Å²) in [6.07, 6.45) is 4.01. The van der Waals surface area contributed by atoms with E-state index in [-0.39, 0.29) is 17.7 Å². The number of nitrogens with zero attached hydrogens (tertiary/aromatic N) is 3. The van der Waals surface area contributed by atoms with Crippen molar-refractivity contribution in [3.63, 3.8) is 0 Å². The zero-order valence-corrected chi connectivity index (χ0v) is 19.0. The van der Waals surface area contributed by atoms with Crippen molar-refractivity contribution in [2.24, 2.45) is 5.92 Å². The van der Waals surface area contributed by atoms with Gasteiger partial charge in [0.05, 0.1) is 11.7 Å². The molecular formula is C27H31F2N3O. The zero-order valence-electron chi connectivity index (χ0n) is 19.0. The van der Waals surface area contributed by atoms with Gasteiger partial charge < -0.3 is 4.74 Å². The van der Waals surface area contributed by atoms with Crippen molar-refractivity contribution in [3.05, 3.63) is 95.8 Å². The molecule has 1 fully saturated rings. The molecule has 0 amide bonds. The predicted molar refractivity (Wildman–Crippen MR) is 126 cm³/mol. The van der Waals surface area contributed by atoms with Crippen LogP contribution in [0.15, 0.2) is 72.9 Å². The Morgan fingerprint density at radius 1 is 1.00 bits per heavy atom. The van der Waals surface area contributed by atoms with Crippen LogP contribution in [0.3, 0.4) is 0 Å². The molecule has 1 aliphatic heterocycles. The average Bonchev–Trinajstić information content (AvgIpc) is 2.83. The van der Waals surface area contributed by atoms with Gasteiger partial charge in [0.2, 0.25) is 0 Å². The van der Waals surface area contributed by atoms with Gasteiger partial charge in [-0.2, -0.15) is 0 Å². The number of aromatic nitrogens is 1. The van der Waals surface area contributed by atoms with Crippen molar-refractivity contribution in [2.75, 3.05) is 39.8 Å². The average molecular weight is 452 g/mol. The molecule has 1 saturated heterocycles. The molecule has 1 aromatic heterocycles. The summed E-state index contributed by atoms with van der Waals surface area (Å²) < 4.78 is 32.8. The lowest BCUT2D eigenvalue weighted by Crippen LogP contribution is -2.40. The molecule has 0 spiro atoms. The minimum Gasteiger partial charge on any atom is -0.489 e. The topological polar surface area (TPSA) is 28.6 Å². The van der Waals surface area contributed by atoms with Crippen molar-refractivity contribution in [1.29, 1.82) is 0 Å². The summed E-state index contributed by atoms with van der Waals surface area (Å²) in [6.45, 7) is 4.23. The number of piperidine rings is 1. The van der Waals surface area contributed by atoms with E-state index >= 15 is 0 Å². The maximum Gasteiger partial charge on any atom is 0.165 e. The largest absolute Gasteiger partial charge is 0.489 e. The van der Waals surface area contributed by atoms with Crippen molar-refractivity contribution in [1.82, 2.24) is 14.8 Å². The SMILES string of the molecule is CN(CC1CCN(CCOc2ccccc2F)CC1)[C@@H](c1ccc(F)cc1)c1ccccn1. The monoisotopic (exact) mass is 451 g/mol. The highest BCUT2D eigenvalue weighted by Crippen LogP contribution is 2.29. The number of pyridine rings is 1. The van der Waals surface area contributed by atoms with E-state index in [0.29, 0.717) is 18.3 Å². The second-order valence-corrected chi connectivity index (χ2v) is 8.71. The molecular weight excluding hydrogens is 420 g/mol. The highest BCUT2D eigenvalue weighted by molar-refractivity contribution is 5.28. The summed E-state index contributed by atoms with van der Waals surface area (Å²) in [5, 5.41) is 0. The predicted octanol–water partition coefficient (Wildman–Crippen LogP) is 5.17. The lowest BCUT2D eigenvalue weighted by molar-refractivity contribution is 0.127. The van der Waals surface area contributed by atoms with E-state index < -0.39 is 0 Å². The Labute approximate surface area is 194 Å². The summed E-state index contributed by atoms with van der Waals surface area (Å²) in [5.41, 5.74) is 2.01. The van der Waals surface area contributed by atoms with Gasteiger partial charge in [-0.15, -0.1) is 0 Å². The molecule has 1 aliphatic rings. The number of hydrogen-bond donors (Lipinski definition) is 0. The van der Waals surface area contributed by atoms with Crippen molar-refractivity contribution in [3.8, 4) is 5.75 Å². The lowest BCUT2D eigenvalue weighted by Gasteiger charge is -2.36. The Morgan fingerprint density at radius 2 is 1.73 bits per heavy atom. The van der Waals surface area contributed by atoms with Crippen LogP contribution in [0.4, 0.5) is 8.78 Å². The van der Waals surface area contributed by atoms with Gasteiger partial charge in [0.25, 0.3) is 0 Å². The molecule has 1 atom stereocenters. The van der Waals surface area contributed by atoms with Crippen LogP contribution in [0.1, 0.15) is 30.1 Å². The van der Waals surface area contributed by atoms with E-state index in [9.17, 15) is 8.78 Å². The van der Waals surface area contributed by atoms with Crippen LogP contribution in [-0.4, -0.2) is 54.6 Å². The third-order valence-corrected chi connectivity index (χ3v) is 6.35. The van der Waals surface area contributed by atoms with E-state index in [1.54, 1.807) is 18.2 Å². The van der Waals surface area contributed by atoms with E-state index in [4.69, 9.17) is 4.74 Å². The number of benzene rings is 2. The number of para-hydroxylation sites is 1. The Hall–Kier alpha value is -2.83. The minimum absolute atomic E-state index is 0.0148. The molecule has 2 heterocycles. The summed E-state index contributed by atoms with van der Waals surface area (Å²) >= 11 is 0. The highest BCUT2D eigenvalue weighted by Gasteiger charge is 2.26. The lowest BCUT2D eigenvalue weighted by atomic mass is 9.94. The van der Waals surface area contributed by atoms with E-state index in [1.165, 1.54) is 18.2 Å². The standard InChI is InChI=1S/C27H31F2N3O/c1-31(27(25-7-4-5-15-30-25)22-9-11-23(28)12-10-22)20-21-13-16-32(17-14-21)18-19-33-26-8-3-2-6-24(26)29/h2-12,15,21,27H,13-14,16-20H2,1H3/t27-/m0/s1. The fraction of sp³-hybridized carbons (Fsp3) is 0.370. The van der Waals surface area contributed by atoms with Gasteiger partial charge in [-0.1, -0.05) is 30.3 Å². The van der Waals surface area contributed by atoms with Gasteiger partial charge in [0.15, 0.2) is 11.6 Å². The van der Waals surface area contributed by atoms with Crippen LogP contribution in [0, 0.1) is 17.6 Å². The molecule has 0 radical (unpaired) electrons. The van der Waals surface area contributed by atoms with Crippen LogP contribution in [0.5, 0.6) is 5.75 Å². The van der Waals surface area contributed by atoms with Gasteiger partial charge in [0, 0.05) is 19.3 Å². The van der Waals surface area contributed by atoms with Gasteiger partial charge in [0.1, 0.15) is 12.4 Å². The van der Waals surface area contributed by atoms with Gasteiger partial charge >= 0.3 is 0 Å². The maximum atomic E-state index is 13.7. The molecule has 0 bridgehead atoms. The van der Waals surface area contributed by atoms with Gasteiger partial charge in [-0.3, -0.25) is 14.8 Å². The Bertz CT molecular complexity index is 992. The maximum absolute atomic E-state index is 13.7. The molecule has 2 aromatic carbocycles. The zero-order chi connectivity index (χ0) is 23.0.